The second-order valence-electron chi connectivity index (χ2n) is 7.46. The Kier molecular flexibility index (Phi) is 8.79. The molecule has 0 bridgehead atoms. The Morgan fingerprint density at radius 2 is 1.93 bits per heavy atom. The minimum atomic E-state index is -0.740. The van der Waals surface area contributed by atoms with E-state index in [4.69, 9.17) is 4.74 Å². The van der Waals surface area contributed by atoms with Crippen LogP contribution in [0.3, 0.4) is 0 Å². The summed E-state index contributed by atoms with van der Waals surface area (Å²) < 4.78 is 5.07. The molecule has 1 aliphatic heterocycles. The molecular formula is C21H30N4O5. The summed E-state index contributed by atoms with van der Waals surface area (Å²) in [6.07, 6.45) is 0.603. The highest BCUT2D eigenvalue weighted by Crippen LogP contribution is 2.13. The highest BCUT2D eigenvalue weighted by Gasteiger charge is 2.33. The van der Waals surface area contributed by atoms with Gasteiger partial charge in [-0.3, -0.25) is 24.1 Å². The van der Waals surface area contributed by atoms with Crippen molar-refractivity contribution in [2.45, 2.75) is 45.7 Å². The average molecular weight is 418 g/mol. The first-order chi connectivity index (χ1) is 14.3. The summed E-state index contributed by atoms with van der Waals surface area (Å²) in [6, 6.07) is 5.86. The van der Waals surface area contributed by atoms with E-state index in [1.54, 1.807) is 29.2 Å². The molecule has 1 saturated heterocycles. The predicted molar refractivity (Wildman–Crippen MR) is 112 cm³/mol. The highest BCUT2D eigenvalue weighted by molar-refractivity contribution is 5.96. The van der Waals surface area contributed by atoms with Crippen molar-refractivity contribution >= 4 is 29.4 Å². The molecule has 1 aromatic rings. The first-order valence-electron chi connectivity index (χ1n) is 10.2. The maximum absolute atomic E-state index is 12.5. The number of anilines is 1. The molecule has 9 nitrogen and oxygen atoms in total. The molecule has 1 aromatic carbocycles. The minimum absolute atomic E-state index is 0.0330. The Morgan fingerprint density at radius 3 is 2.57 bits per heavy atom. The van der Waals surface area contributed by atoms with E-state index in [9.17, 15) is 19.2 Å². The topological polar surface area (TPSA) is 117 Å². The average Bonchev–Trinajstić information content (AvgIpc) is 2.69. The third-order valence-corrected chi connectivity index (χ3v) is 4.47. The van der Waals surface area contributed by atoms with Crippen LogP contribution in [0.4, 0.5) is 5.69 Å². The van der Waals surface area contributed by atoms with Crippen LogP contribution >= 0.6 is 0 Å². The van der Waals surface area contributed by atoms with Crippen molar-refractivity contribution in [1.29, 1.82) is 0 Å². The van der Waals surface area contributed by atoms with E-state index in [2.05, 4.69) is 16.0 Å². The van der Waals surface area contributed by atoms with Gasteiger partial charge in [-0.1, -0.05) is 6.92 Å². The lowest BCUT2D eigenvalue weighted by Crippen LogP contribution is -2.57. The van der Waals surface area contributed by atoms with Gasteiger partial charge in [0.15, 0.2) is 0 Å². The fourth-order valence-corrected chi connectivity index (χ4v) is 3.04. The number of carbonyl (C=O) groups is 4. The van der Waals surface area contributed by atoms with Crippen LogP contribution in [-0.4, -0.2) is 66.9 Å². The molecule has 1 fully saturated rings. The van der Waals surface area contributed by atoms with Gasteiger partial charge >= 0.3 is 5.97 Å². The number of carbonyl (C=O) groups excluding carboxylic acids is 4. The zero-order chi connectivity index (χ0) is 22.1. The second kappa shape index (κ2) is 11.3. The van der Waals surface area contributed by atoms with Crippen LogP contribution < -0.4 is 16.0 Å². The molecule has 0 aromatic heterocycles. The lowest BCUT2D eigenvalue weighted by molar-refractivity contribution is -0.148. The van der Waals surface area contributed by atoms with Gasteiger partial charge < -0.3 is 20.7 Å². The molecule has 0 aliphatic carbocycles. The van der Waals surface area contributed by atoms with Crippen LogP contribution in [0.1, 0.15) is 44.0 Å². The normalized spacial score (nSPS) is 16.7. The molecule has 0 radical (unpaired) electrons. The van der Waals surface area contributed by atoms with Crippen molar-refractivity contribution in [2.24, 2.45) is 0 Å². The van der Waals surface area contributed by atoms with E-state index in [0.29, 0.717) is 37.4 Å². The highest BCUT2D eigenvalue weighted by atomic mass is 16.5. The van der Waals surface area contributed by atoms with Crippen molar-refractivity contribution in [1.82, 2.24) is 15.5 Å². The van der Waals surface area contributed by atoms with E-state index in [1.807, 2.05) is 20.8 Å². The van der Waals surface area contributed by atoms with Crippen LogP contribution in [0, 0.1) is 0 Å². The van der Waals surface area contributed by atoms with E-state index < -0.39 is 12.0 Å². The molecule has 164 valence electrons. The predicted octanol–water partition coefficient (Wildman–Crippen LogP) is 0.907. The van der Waals surface area contributed by atoms with Crippen molar-refractivity contribution in [3.63, 3.8) is 0 Å². The summed E-state index contributed by atoms with van der Waals surface area (Å²) in [5.74, 6) is -1.24. The van der Waals surface area contributed by atoms with Gasteiger partial charge in [0, 0.05) is 30.4 Å². The third-order valence-electron chi connectivity index (χ3n) is 4.47. The number of benzene rings is 1. The number of esters is 1. The van der Waals surface area contributed by atoms with Gasteiger partial charge in [0.1, 0.15) is 6.04 Å². The van der Waals surface area contributed by atoms with Crippen molar-refractivity contribution in [3.8, 4) is 0 Å². The lowest BCUT2D eigenvalue weighted by atomic mass is 10.1. The van der Waals surface area contributed by atoms with Gasteiger partial charge in [-0.05, 0) is 44.5 Å². The monoisotopic (exact) mass is 418 g/mol. The summed E-state index contributed by atoms with van der Waals surface area (Å²) in [4.78, 5) is 50.3. The van der Waals surface area contributed by atoms with Gasteiger partial charge in [-0.15, -0.1) is 0 Å². The standard InChI is InChI=1S/C21H30N4O5/c1-4-11-30-19(27)12-17-21(29)22-9-10-25(17)13-18(26)24-16-7-5-15(6-8-16)20(28)23-14(2)3/h5-8,14,17H,4,9-13H2,1-3H3,(H,22,29)(H,23,28)(H,24,26). The van der Waals surface area contributed by atoms with Crippen LogP contribution in [0.25, 0.3) is 0 Å². The van der Waals surface area contributed by atoms with Crippen LogP contribution in [0.15, 0.2) is 24.3 Å². The smallest absolute Gasteiger partial charge is 0.307 e. The number of hydrogen-bond donors (Lipinski definition) is 3. The number of rotatable bonds is 9. The fraction of sp³-hybridized carbons (Fsp3) is 0.524. The molecule has 0 saturated carbocycles. The molecule has 2 rings (SSSR count). The number of hydrogen-bond acceptors (Lipinski definition) is 6. The maximum Gasteiger partial charge on any atom is 0.307 e. The molecule has 1 unspecified atom stereocenters. The van der Waals surface area contributed by atoms with E-state index in [1.165, 1.54) is 0 Å². The number of nitrogens with zero attached hydrogens (tertiary/aromatic N) is 1. The van der Waals surface area contributed by atoms with Gasteiger partial charge in [-0.25, -0.2) is 0 Å². The number of amides is 3. The van der Waals surface area contributed by atoms with E-state index >= 15 is 0 Å². The Hall–Kier alpha value is -2.94. The first kappa shape index (κ1) is 23.3. The molecule has 30 heavy (non-hydrogen) atoms. The number of nitrogens with one attached hydrogen (secondary N) is 3. The molecule has 1 heterocycles. The fourth-order valence-electron chi connectivity index (χ4n) is 3.04. The van der Waals surface area contributed by atoms with Crippen molar-refractivity contribution in [3.05, 3.63) is 29.8 Å². The van der Waals surface area contributed by atoms with E-state index in [-0.39, 0.29) is 36.7 Å². The van der Waals surface area contributed by atoms with Gasteiger partial charge in [0.25, 0.3) is 5.91 Å². The Balaban J connectivity index is 1.93. The second-order valence-corrected chi connectivity index (χ2v) is 7.46. The zero-order valence-electron chi connectivity index (χ0n) is 17.7. The van der Waals surface area contributed by atoms with Gasteiger partial charge in [0.2, 0.25) is 11.8 Å². The summed E-state index contributed by atoms with van der Waals surface area (Å²) in [6.45, 7) is 6.79. The van der Waals surface area contributed by atoms with Crippen LogP contribution in [0.2, 0.25) is 0 Å². The molecule has 3 amide bonds. The molecular weight excluding hydrogens is 388 g/mol. The molecule has 1 aliphatic rings. The Labute approximate surface area is 176 Å². The summed E-state index contributed by atoms with van der Waals surface area (Å²) in [7, 11) is 0. The van der Waals surface area contributed by atoms with E-state index in [0.717, 1.165) is 0 Å². The van der Waals surface area contributed by atoms with Gasteiger partial charge in [0.05, 0.1) is 19.6 Å². The van der Waals surface area contributed by atoms with Crippen LogP contribution in [-0.2, 0) is 19.1 Å². The quantitative estimate of drug-likeness (QED) is 0.513. The third kappa shape index (κ3) is 7.14. The molecule has 9 heteroatoms. The zero-order valence-corrected chi connectivity index (χ0v) is 17.7. The number of piperazine rings is 1. The minimum Gasteiger partial charge on any atom is -0.466 e. The SMILES string of the molecule is CCCOC(=O)CC1C(=O)NCCN1CC(=O)Nc1ccc(C(=O)NC(C)C)cc1. The molecule has 0 spiro atoms. The van der Waals surface area contributed by atoms with Gasteiger partial charge in [-0.2, -0.15) is 0 Å². The van der Waals surface area contributed by atoms with Crippen molar-refractivity contribution in [2.75, 3.05) is 31.6 Å². The van der Waals surface area contributed by atoms with Crippen molar-refractivity contribution < 1.29 is 23.9 Å². The summed E-state index contributed by atoms with van der Waals surface area (Å²) in [5, 5.41) is 8.28. The Bertz CT molecular complexity index is 763. The van der Waals surface area contributed by atoms with Crippen LogP contribution in [0.5, 0.6) is 0 Å². The number of ether oxygens (including phenoxy) is 1. The molecule has 1 atom stereocenters. The largest absolute Gasteiger partial charge is 0.466 e. The lowest BCUT2D eigenvalue weighted by Gasteiger charge is -2.33. The summed E-state index contributed by atoms with van der Waals surface area (Å²) >= 11 is 0. The molecule has 3 N–H and O–H groups in total. The maximum atomic E-state index is 12.5. The Morgan fingerprint density at radius 1 is 1.23 bits per heavy atom. The first-order valence-corrected chi connectivity index (χ1v) is 10.2. The summed E-state index contributed by atoms with van der Waals surface area (Å²) in [5.41, 5.74) is 1.04.